The molecule has 5 rings (SSSR count). The third-order valence-electron chi connectivity index (χ3n) is 6.28. The van der Waals surface area contributed by atoms with E-state index in [4.69, 9.17) is 16.7 Å². The smallest absolute Gasteiger partial charge is 0.0898 e. The maximum absolute atomic E-state index is 8.78. The number of benzene rings is 3. The van der Waals surface area contributed by atoms with E-state index in [1.165, 1.54) is 24.0 Å². The summed E-state index contributed by atoms with van der Waals surface area (Å²) in [5.74, 6) is 1.26. The molecule has 2 aliphatic rings. The maximum Gasteiger partial charge on any atom is 0.0898 e. The number of nitrogens with zero attached hydrogens (tertiary/aromatic N) is 1. The van der Waals surface area contributed by atoms with E-state index in [2.05, 4.69) is 48.5 Å². The van der Waals surface area contributed by atoms with Crippen LogP contribution in [0.4, 0.5) is 0 Å². The number of nitrogens with two attached hydrogens (primary N) is 2. The maximum atomic E-state index is 8.78. The molecular formula is C30H39N3O. The molecule has 0 amide bonds. The number of oxime groups is 1. The lowest BCUT2D eigenvalue weighted by atomic mass is 10.0. The molecule has 2 fully saturated rings. The normalized spacial score (nSPS) is 16.9. The number of hydrogen-bond donors (Lipinski definition) is 3. The SMILES string of the molecule is CCCC(N)c1ccccc1.NC(c1ccccc1)C1CC1.ON=C(c1ccccc1)C1CC1. The van der Waals surface area contributed by atoms with Crippen molar-refractivity contribution >= 4 is 5.71 Å². The molecule has 2 aliphatic carbocycles. The van der Waals surface area contributed by atoms with Gasteiger partial charge in [0.2, 0.25) is 0 Å². The van der Waals surface area contributed by atoms with Crippen LogP contribution in [0.25, 0.3) is 0 Å². The van der Waals surface area contributed by atoms with Gasteiger partial charge in [-0.3, -0.25) is 0 Å². The van der Waals surface area contributed by atoms with Crippen molar-refractivity contribution < 1.29 is 5.21 Å². The summed E-state index contributed by atoms with van der Waals surface area (Å²) in [5.41, 5.74) is 16.3. The molecule has 5 N–H and O–H groups in total. The lowest BCUT2D eigenvalue weighted by Crippen LogP contribution is -2.11. The fraction of sp³-hybridized carbons (Fsp3) is 0.367. The highest BCUT2D eigenvalue weighted by molar-refractivity contribution is 6.03. The average molecular weight is 458 g/mol. The third-order valence-corrected chi connectivity index (χ3v) is 6.28. The van der Waals surface area contributed by atoms with Crippen LogP contribution in [-0.2, 0) is 0 Å². The Labute approximate surface area is 204 Å². The minimum atomic E-state index is 0.223. The fourth-order valence-corrected chi connectivity index (χ4v) is 3.92. The summed E-state index contributed by atoms with van der Waals surface area (Å²) in [6, 6.07) is 31.0. The largest absolute Gasteiger partial charge is 0.411 e. The monoisotopic (exact) mass is 457 g/mol. The van der Waals surface area contributed by atoms with Crippen molar-refractivity contribution in [3.63, 3.8) is 0 Å². The number of hydrogen-bond acceptors (Lipinski definition) is 4. The van der Waals surface area contributed by atoms with Gasteiger partial charge >= 0.3 is 0 Å². The molecular weight excluding hydrogens is 418 g/mol. The van der Waals surface area contributed by atoms with Crippen LogP contribution in [0.5, 0.6) is 0 Å². The minimum absolute atomic E-state index is 0.223. The molecule has 0 saturated heterocycles. The van der Waals surface area contributed by atoms with Crippen LogP contribution < -0.4 is 11.5 Å². The van der Waals surface area contributed by atoms with E-state index in [-0.39, 0.29) is 12.1 Å². The topological polar surface area (TPSA) is 84.6 Å². The molecule has 0 aromatic heterocycles. The van der Waals surface area contributed by atoms with Crippen molar-refractivity contribution in [3.05, 3.63) is 108 Å². The van der Waals surface area contributed by atoms with Gasteiger partial charge in [0.25, 0.3) is 0 Å². The van der Waals surface area contributed by atoms with E-state index in [0.29, 0.717) is 5.92 Å². The van der Waals surface area contributed by atoms with Crippen molar-refractivity contribution in [2.45, 2.75) is 57.5 Å². The van der Waals surface area contributed by atoms with Crippen LogP contribution in [0.1, 0.15) is 74.2 Å². The van der Waals surface area contributed by atoms with Gasteiger partial charge in [0.1, 0.15) is 0 Å². The predicted octanol–water partition coefficient (Wildman–Crippen LogP) is 6.86. The molecule has 4 heteroatoms. The molecule has 180 valence electrons. The molecule has 3 aromatic rings. The summed E-state index contributed by atoms with van der Waals surface area (Å²) in [4.78, 5) is 0. The molecule has 0 bridgehead atoms. The van der Waals surface area contributed by atoms with Gasteiger partial charge in [-0.2, -0.15) is 0 Å². The molecule has 0 aliphatic heterocycles. The van der Waals surface area contributed by atoms with Gasteiger partial charge in [0.15, 0.2) is 0 Å². The molecule has 34 heavy (non-hydrogen) atoms. The first kappa shape index (κ1) is 25.7. The summed E-state index contributed by atoms with van der Waals surface area (Å²) < 4.78 is 0. The van der Waals surface area contributed by atoms with Crippen LogP contribution in [0.3, 0.4) is 0 Å². The Bertz CT molecular complexity index is 968. The summed E-state index contributed by atoms with van der Waals surface area (Å²) in [6.45, 7) is 2.16. The third kappa shape index (κ3) is 8.44. The van der Waals surface area contributed by atoms with E-state index in [0.717, 1.165) is 42.9 Å². The van der Waals surface area contributed by atoms with E-state index in [9.17, 15) is 0 Å². The van der Waals surface area contributed by atoms with Crippen LogP contribution in [0.15, 0.2) is 96.2 Å². The van der Waals surface area contributed by atoms with Crippen molar-refractivity contribution in [1.29, 1.82) is 0 Å². The highest BCUT2D eigenvalue weighted by atomic mass is 16.4. The Hall–Kier alpha value is -2.95. The van der Waals surface area contributed by atoms with Crippen LogP contribution >= 0.6 is 0 Å². The van der Waals surface area contributed by atoms with E-state index in [1.54, 1.807) is 0 Å². The lowest BCUT2D eigenvalue weighted by Gasteiger charge is -2.09. The summed E-state index contributed by atoms with van der Waals surface area (Å²) in [7, 11) is 0. The zero-order valence-corrected chi connectivity index (χ0v) is 20.3. The van der Waals surface area contributed by atoms with Gasteiger partial charge in [-0.1, -0.05) is 109 Å². The van der Waals surface area contributed by atoms with Gasteiger partial charge in [0.05, 0.1) is 5.71 Å². The molecule has 3 aromatic carbocycles. The van der Waals surface area contributed by atoms with Gasteiger partial charge in [-0.25, -0.2) is 0 Å². The zero-order valence-electron chi connectivity index (χ0n) is 20.3. The Morgan fingerprint density at radius 2 is 1.29 bits per heavy atom. The van der Waals surface area contributed by atoms with Gasteiger partial charge in [-0.05, 0) is 54.7 Å². The minimum Gasteiger partial charge on any atom is -0.411 e. The predicted molar refractivity (Wildman–Crippen MR) is 142 cm³/mol. The second-order valence-electron chi connectivity index (χ2n) is 9.21. The molecule has 0 radical (unpaired) electrons. The van der Waals surface area contributed by atoms with Crippen molar-refractivity contribution in [1.82, 2.24) is 0 Å². The van der Waals surface area contributed by atoms with Gasteiger partial charge < -0.3 is 16.7 Å². The molecule has 2 atom stereocenters. The first-order valence-electron chi connectivity index (χ1n) is 12.5. The fourth-order valence-electron chi connectivity index (χ4n) is 3.92. The van der Waals surface area contributed by atoms with Crippen molar-refractivity contribution in [3.8, 4) is 0 Å². The number of rotatable bonds is 7. The summed E-state index contributed by atoms with van der Waals surface area (Å²) in [6.07, 6.45) is 7.18. The quantitative estimate of drug-likeness (QED) is 0.206. The average Bonchev–Trinajstić information content (AvgIpc) is 3.81. The molecule has 2 unspecified atom stereocenters. The van der Waals surface area contributed by atoms with Gasteiger partial charge in [-0.15, -0.1) is 0 Å². The Balaban J connectivity index is 0.000000143. The Kier molecular flexibility index (Phi) is 10.3. The second kappa shape index (κ2) is 13.7. The van der Waals surface area contributed by atoms with Crippen LogP contribution in [-0.4, -0.2) is 10.9 Å². The van der Waals surface area contributed by atoms with Crippen molar-refractivity contribution in [2.24, 2.45) is 28.5 Å². The van der Waals surface area contributed by atoms with Gasteiger partial charge in [0, 0.05) is 18.0 Å². The van der Waals surface area contributed by atoms with Crippen LogP contribution in [0, 0.1) is 11.8 Å². The second-order valence-corrected chi connectivity index (χ2v) is 9.21. The molecule has 0 spiro atoms. The van der Waals surface area contributed by atoms with E-state index >= 15 is 0 Å². The first-order valence-corrected chi connectivity index (χ1v) is 12.5. The first-order chi connectivity index (χ1) is 16.6. The van der Waals surface area contributed by atoms with Crippen molar-refractivity contribution in [2.75, 3.05) is 0 Å². The Morgan fingerprint density at radius 3 is 1.74 bits per heavy atom. The lowest BCUT2D eigenvalue weighted by molar-refractivity contribution is 0.317. The zero-order chi connectivity index (χ0) is 24.2. The molecule has 2 saturated carbocycles. The highest BCUT2D eigenvalue weighted by Gasteiger charge is 2.29. The Morgan fingerprint density at radius 1 is 0.794 bits per heavy atom. The standard InChI is InChI=1S/C10H11NO.C10H13N.C10H15N/c12-11-10(9-6-7-9)8-4-2-1-3-5-8;11-10(9-6-7-9)8-4-2-1-3-5-8;1-2-6-10(11)9-7-4-3-5-8-9/h1-5,9,12H,6-7H2;1-5,9-10H,6-7,11H2;3-5,7-8,10H,2,6,11H2,1H3. The summed E-state index contributed by atoms with van der Waals surface area (Å²) >= 11 is 0. The van der Waals surface area contributed by atoms with E-state index in [1.807, 2.05) is 54.6 Å². The van der Waals surface area contributed by atoms with E-state index < -0.39 is 0 Å². The molecule has 0 heterocycles. The molecule has 4 nitrogen and oxygen atoms in total. The van der Waals surface area contributed by atoms with Crippen LogP contribution in [0.2, 0.25) is 0 Å². The summed E-state index contributed by atoms with van der Waals surface area (Å²) in [5, 5.41) is 12.1. The highest BCUT2D eigenvalue weighted by Crippen LogP contribution is 2.39.